The van der Waals surface area contributed by atoms with E-state index in [-0.39, 0.29) is 0 Å². The fraction of sp³-hybridized carbons (Fsp3) is 0.0588. The van der Waals surface area contributed by atoms with Gasteiger partial charge in [0.2, 0.25) is 0 Å². The molecule has 0 unspecified atom stereocenters. The molecule has 0 fully saturated rings. The third-order valence-electron chi connectivity index (χ3n) is 3.60. The molecule has 1 aromatic carbocycles. The van der Waals surface area contributed by atoms with Crippen LogP contribution in [0.25, 0.3) is 28.2 Å². The second-order valence-electron chi connectivity index (χ2n) is 5.04. The Morgan fingerprint density at radius 1 is 1.09 bits per heavy atom. The van der Waals surface area contributed by atoms with Crippen LogP contribution in [-0.4, -0.2) is 14.5 Å². The Morgan fingerprint density at radius 3 is 2.68 bits per heavy atom. The van der Waals surface area contributed by atoms with E-state index >= 15 is 0 Å². The Bertz CT molecular complexity index is 957. The summed E-state index contributed by atoms with van der Waals surface area (Å²) >= 11 is 6.21. The third-order valence-corrected chi connectivity index (χ3v) is 3.90. The SMILES string of the molecule is Cc1onc(-c2ccccc2)c1-c1cn2cccc(Cl)c2n1. The summed E-state index contributed by atoms with van der Waals surface area (Å²) < 4.78 is 7.30. The molecule has 0 atom stereocenters. The summed E-state index contributed by atoms with van der Waals surface area (Å²) in [7, 11) is 0. The minimum Gasteiger partial charge on any atom is -0.360 e. The van der Waals surface area contributed by atoms with Crippen molar-refractivity contribution in [2.75, 3.05) is 0 Å². The monoisotopic (exact) mass is 309 g/mol. The number of hydrogen-bond acceptors (Lipinski definition) is 3. The van der Waals surface area contributed by atoms with Gasteiger partial charge < -0.3 is 8.92 Å². The highest BCUT2D eigenvalue weighted by Crippen LogP contribution is 2.34. The summed E-state index contributed by atoms with van der Waals surface area (Å²) in [6.07, 6.45) is 3.86. The number of rotatable bonds is 2. The van der Waals surface area contributed by atoms with Crippen molar-refractivity contribution in [2.24, 2.45) is 0 Å². The second kappa shape index (κ2) is 5.00. The van der Waals surface area contributed by atoms with Crippen LogP contribution >= 0.6 is 11.6 Å². The van der Waals surface area contributed by atoms with Gasteiger partial charge in [-0.3, -0.25) is 0 Å². The van der Waals surface area contributed by atoms with Crippen molar-refractivity contribution in [3.05, 3.63) is 65.6 Å². The van der Waals surface area contributed by atoms with Gasteiger partial charge >= 0.3 is 0 Å². The summed E-state index contributed by atoms with van der Waals surface area (Å²) in [5.74, 6) is 0.735. The van der Waals surface area contributed by atoms with E-state index in [2.05, 4.69) is 10.1 Å². The van der Waals surface area contributed by atoms with Crippen LogP contribution in [-0.2, 0) is 0 Å². The largest absolute Gasteiger partial charge is 0.360 e. The van der Waals surface area contributed by atoms with E-state index < -0.39 is 0 Å². The molecule has 0 spiro atoms. The predicted octanol–water partition coefficient (Wildman–Crippen LogP) is 4.62. The number of aromatic nitrogens is 3. The van der Waals surface area contributed by atoms with Crippen LogP contribution in [0.15, 0.2) is 59.4 Å². The van der Waals surface area contributed by atoms with Crippen LogP contribution in [0.2, 0.25) is 5.02 Å². The van der Waals surface area contributed by atoms with Gasteiger partial charge in [-0.2, -0.15) is 0 Å². The molecule has 0 saturated carbocycles. The molecule has 5 heteroatoms. The number of fused-ring (bicyclic) bond motifs is 1. The number of benzene rings is 1. The molecule has 4 aromatic rings. The molecule has 0 aliphatic rings. The van der Waals surface area contributed by atoms with E-state index in [0.717, 1.165) is 33.9 Å². The summed E-state index contributed by atoms with van der Waals surface area (Å²) in [6.45, 7) is 1.89. The van der Waals surface area contributed by atoms with Crippen LogP contribution in [0.4, 0.5) is 0 Å². The smallest absolute Gasteiger partial charge is 0.156 e. The van der Waals surface area contributed by atoms with Gasteiger partial charge in [-0.1, -0.05) is 47.1 Å². The summed E-state index contributed by atoms with van der Waals surface area (Å²) in [4.78, 5) is 4.63. The predicted molar refractivity (Wildman–Crippen MR) is 85.9 cm³/mol. The Kier molecular flexibility index (Phi) is 2.98. The fourth-order valence-corrected chi connectivity index (χ4v) is 2.78. The van der Waals surface area contributed by atoms with Crippen molar-refractivity contribution in [3.8, 4) is 22.5 Å². The Balaban J connectivity index is 1.95. The van der Waals surface area contributed by atoms with Crippen molar-refractivity contribution in [3.63, 3.8) is 0 Å². The maximum absolute atomic E-state index is 6.21. The Morgan fingerprint density at radius 2 is 1.91 bits per heavy atom. The fourth-order valence-electron chi connectivity index (χ4n) is 2.57. The van der Waals surface area contributed by atoms with Crippen LogP contribution < -0.4 is 0 Å². The van der Waals surface area contributed by atoms with Crippen LogP contribution in [0.5, 0.6) is 0 Å². The first-order valence-electron chi connectivity index (χ1n) is 6.89. The van der Waals surface area contributed by atoms with E-state index in [1.54, 1.807) is 0 Å². The Hall–Kier alpha value is -2.59. The van der Waals surface area contributed by atoms with Gasteiger partial charge in [0, 0.05) is 18.0 Å². The maximum Gasteiger partial charge on any atom is 0.156 e. The average molecular weight is 310 g/mol. The number of halogens is 1. The average Bonchev–Trinajstić information content (AvgIpc) is 3.12. The molecule has 0 radical (unpaired) electrons. The summed E-state index contributed by atoms with van der Waals surface area (Å²) in [5, 5.41) is 4.81. The highest BCUT2D eigenvalue weighted by Gasteiger charge is 2.19. The molecular formula is C17H12ClN3O. The lowest BCUT2D eigenvalue weighted by atomic mass is 10.0. The first-order chi connectivity index (χ1) is 10.7. The molecule has 0 aliphatic carbocycles. The van der Waals surface area contributed by atoms with Crippen LogP contribution in [0.3, 0.4) is 0 Å². The molecule has 4 rings (SSSR count). The zero-order valence-electron chi connectivity index (χ0n) is 11.8. The summed E-state index contributed by atoms with van der Waals surface area (Å²) in [5.41, 5.74) is 4.20. The van der Waals surface area contributed by atoms with Crippen molar-refractivity contribution in [1.82, 2.24) is 14.5 Å². The topological polar surface area (TPSA) is 43.3 Å². The van der Waals surface area contributed by atoms with Crippen LogP contribution in [0.1, 0.15) is 5.76 Å². The van der Waals surface area contributed by atoms with Crippen molar-refractivity contribution >= 4 is 17.2 Å². The third kappa shape index (κ3) is 2.00. The number of nitrogens with zero attached hydrogens (tertiary/aromatic N) is 3. The summed E-state index contributed by atoms with van der Waals surface area (Å²) in [6, 6.07) is 13.6. The van der Waals surface area contributed by atoms with Gasteiger partial charge in [0.05, 0.1) is 16.3 Å². The quantitative estimate of drug-likeness (QED) is 0.542. The molecule has 0 N–H and O–H groups in total. The first kappa shape index (κ1) is 13.1. The molecule has 0 amide bonds. The molecule has 4 nitrogen and oxygen atoms in total. The normalized spacial score (nSPS) is 11.2. The molecule has 0 bridgehead atoms. The zero-order chi connectivity index (χ0) is 15.1. The first-order valence-corrected chi connectivity index (χ1v) is 7.27. The minimum atomic E-state index is 0.615. The molecule has 3 heterocycles. The lowest BCUT2D eigenvalue weighted by Crippen LogP contribution is -1.84. The van der Waals surface area contributed by atoms with Gasteiger partial charge in [0.15, 0.2) is 5.65 Å². The van der Waals surface area contributed by atoms with Crippen molar-refractivity contribution in [1.29, 1.82) is 0 Å². The number of aryl methyl sites for hydroxylation is 1. The standard InChI is InChI=1S/C17H12ClN3O/c1-11-15(16(20-22-11)12-6-3-2-4-7-12)14-10-21-9-5-8-13(18)17(21)19-14/h2-10H,1H3. The molecule has 22 heavy (non-hydrogen) atoms. The van der Waals surface area contributed by atoms with E-state index in [4.69, 9.17) is 16.1 Å². The zero-order valence-corrected chi connectivity index (χ0v) is 12.6. The maximum atomic E-state index is 6.21. The second-order valence-corrected chi connectivity index (χ2v) is 5.45. The number of hydrogen-bond donors (Lipinski definition) is 0. The van der Waals surface area contributed by atoms with Crippen molar-refractivity contribution < 1.29 is 4.52 Å². The van der Waals surface area contributed by atoms with Crippen LogP contribution in [0, 0.1) is 6.92 Å². The minimum absolute atomic E-state index is 0.615. The van der Waals surface area contributed by atoms with Gasteiger partial charge in [-0.15, -0.1) is 0 Å². The van der Waals surface area contributed by atoms with E-state index in [9.17, 15) is 0 Å². The van der Waals surface area contributed by atoms with E-state index in [0.29, 0.717) is 5.02 Å². The van der Waals surface area contributed by atoms with Gasteiger partial charge in [0.1, 0.15) is 11.5 Å². The highest BCUT2D eigenvalue weighted by atomic mass is 35.5. The highest BCUT2D eigenvalue weighted by molar-refractivity contribution is 6.33. The van der Waals surface area contributed by atoms with Gasteiger partial charge in [-0.05, 0) is 19.1 Å². The lowest BCUT2D eigenvalue weighted by Gasteiger charge is -1.99. The van der Waals surface area contributed by atoms with Gasteiger partial charge in [-0.25, -0.2) is 4.98 Å². The molecule has 108 valence electrons. The van der Waals surface area contributed by atoms with Gasteiger partial charge in [0.25, 0.3) is 0 Å². The molecular weight excluding hydrogens is 298 g/mol. The van der Waals surface area contributed by atoms with Crippen molar-refractivity contribution in [2.45, 2.75) is 6.92 Å². The molecule has 3 aromatic heterocycles. The van der Waals surface area contributed by atoms with E-state index in [1.165, 1.54) is 0 Å². The number of imidazole rings is 1. The molecule has 0 aliphatic heterocycles. The van der Waals surface area contributed by atoms with E-state index in [1.807, 2.05) is 66.2 Å². The lowest BCUT2D eigenvalue weighted by molar-refractivity contribution is 0.400. The number of pyridine rings is 1. The Labute approximate surface area is 132 Å². The molecule has 0 saturated heterocycles.